The van der Waals surface area contributed by atoms with Crippen LogP contribution in [0.2, 0.25) is 0 Å². The van der Waals surface area contributed by atoms with Gasteiger partial charge in [0.25, 0.3) is 5.91 Å². The van der Waals surface area contributed by atoms with Crippen molar-refractivity contribution in [2.45, 2.75) is 20.4 Å². The topological polar surface area (TPSA) is 116 Å². The highest BCUT2D eigenvalue weighted by atomic mass is 16.3. The number of aromatic hydroxyl groups is 2. The molecule has 0 radical (unpaired) electrons. The molecule has 2 amide bonds. The maximum absolute atomic E-state index is 12.7. The number of carbonyl (C=O) groups excluding carboxylic acids is 2. The van der Waals surface area contributed by atoms with E-state index in [1.54, 1.807) is 36.4 Å². The number of phenols is 1. The third-order valence-corrected chi connectivity index (χ3v) is 5.25. The van der Waals surface area contributed by atoms with Gasteiger partial charge in [-0.2, -0.15) is 0 Å². The van der Waals surface area contributed by atoms with Crippen molar-refractivity contribution in [1.82, 2.24) is 4.57 Å². The van der Waals surface area contributed by atoms with Gasteiger partial charge in [-0.1, -0.05) is 48.0 Å². The van der Waals surface area contributed by atoms with Gasteiger partial charge in [0, 0.05) is 11.1 Å². The number of benzene rings is 3. The highest BCUT2D eigenvalue weighted by Gasteiger charge is 2.19. The summed E-state index contributed by atoms with van der Waals surface area (Å²) in [4.78, 5) is 25.1. The van der Waals surface area contributed by atoms with E-state index < -0.39 is 5.91 Å². The van der Waals surface area contributed by atoms with E-state index in [-0.39, 0.29) is 35.3 Å². The Labute approximate surface area is 189 Å². The first-order valence-electron chi connectivity index (χ1n) is 10.3. The van der Waals surface area contributed by atoms with Crippen LogP contribution < -0.4 is 5.32 Å². The van der Waals surface area contributed by atoms with Crippen molar-refractivity contribution in [2.24, 2.45) is 10.2 Å². The first kappa shape index (κ1) is 21.8. The largest absolute Gasteiger partial charge is 0.507 e. The van der Waals surface area contributed by atoms with Gasteiger partial charge in [0.15, 0.2) is 5.69 Å². The Bertz CT molecular complexity index is 1410. The van der Waals surface area contributed by atoms with Crippen molar-refractivity contribution in [1.29, 1.82) is 0 Å². The summed E-state index contributed by atoms with van der Waals surface area (Å²) < 4.78 is 1.41. The normalized spacial score (nSPS) is 11.2. The van der Waals surface area contributed by atoms with Gasteiger partial charge in [-0.15, -0.1) is 10.2 Å². The zero-order valence-corrected chi connectivity index (χ0v) is 18.1. The second-order valence-corrected chi connectivity index (χ2v) is 7.66. The van der Waals surface area contributed by atoms with E-state index in [0.29, 0.717) is 16.6 Å². The summed E-state index contributed by atoms with van der Waals surface area (Å²) in [5, 5.41) is 31.7. The van der Waals surface area contributed by atoms with Crippen LogP contribution in [0.25, 0.3) is 10.9 Å². The Morgan fingerprint density at radius 3 is 2.45 bits per heavy atom. The Hall–Kier alpha value is -4.46. The number of rotatable bonds is 5. The van der Waals surface area contributed by atoms with Gasteiger partial charge in [0.1, 0.15) is 12.3 Å². The van der Waals surface area contributed by atoms with Crippen LogP contribution in [0.3, 0.4) is 0 Å². The fraction of sp³-hybridized carbons (Fsp3) is 0.120. The Morgan fingerprint density at radius 2 is 1.70 bits per heavy atom. The zero-order chi connectivity index (χ0) is 23.5. The molecule has 166 valence electrons. The minimum Gasteiger partial charge on any atom is -0.507 e. The fourth-order valence-electron chi connectivity index (χ4n) is 3.62. The molecular weight excluding hydrogens is 420 g/mol. The molecule has 3 N–H and O–H groups in total. The molecule has 4 aromatic rings. The molecule has 0 saturated carbocycles. The lowest BCUT2D eigenvalue weighted by Gasteiger charge is -2.11. The molecule has 0 aliphatic heterocycles. The Morgan fingerprint density at radius 1 is 0.970 bits per heavy atom. The van der Waals surface area contributed by atoms with E-state index in [0.717, 1.165) is 11.1 Å². The summed E-state index contributed by atoms with van der Waals surface area (Å²) in [6.45, 7) is 3.72. The van der Waals surface area contributed by atoms with Crippen LogP contribution in [0.1, 0.15) is 21.5 Å². The molecule has 8 heteroatoms. The molecule has 0 saturated heterocycles. The first-order chi connectivity index (χ1) is 15.8. The molecule has 1 heterocycles. The average molecular weight is 442 g/mol. The second kappa shape index (κ2) is 8.96. The number of phenolic OH excluding ortho intramolecular Hbond substituents is 1. The van der Waals surface area contributed by atoms with Crippen molar-refractivity contribution < 1.29 is 19.8 Å². The maximum Gasteiger partial charge on any atom is 0.299 e. The third kappa shape index (κ3) is 4.45. The standard InChI is InChI=1S/C25H22N4O4/c1-15-11-12-19(16(2)13-15)26-22(31)14-29-20-9-5-3-7-17(20)23(25(29)33)27-28-24(32)18-8-4-6-10-21(18)30/h3-13,30,33H,14H2,1-2H3,(H,26,31). The monoisotopic (exact) mass is 442 g/mol. The van der Waals surface area contributed by atoms with Crippen molar-refractivity contribution in [3.63, 3.8) is 0 Å². The van der Waals surface area contributed by atoms with Crippen LogP contribution in [0.15, 0.2) is 77.0 Å². The van der Waals surface area contributed by atoms with Gasteiger partial charge in [-0.3, -0.25) is 9.59 Å². The van der Waals surface area contributed by atoms with E-state index >= 15 is 0 Å². The van der Waals surface area contributed by atoms with Crippen molar-refractivity contribution in [2.75, 3.05) is 5.32 Å². The maximum atomic E-state index is 12.7. The number of hydrogen-bond donors (Lipinski definition) is 3. The number of fused-ring (bicyclic) bond motifs is 1. The van der Waals surface area contributed by atoms with Crippen molar-refractivity contribution in [3.05, 3.63) is 83.4 Å². The lowest BCUT2D eigenvalue weighted by atomic mass is 10.1. The molecule has 0 fully saturated rings. The molecule has 0 aliphatic rings. The number of azo groups is 1. The number of para-hydroxylation sites is 2. The van der Waals surface area contributed by atoms with Gasteiger partial charge in [0.05, 0.1) is 11.1 Å². The molecule has 3 aromatic carbocycles. The van der Waals surface area contributed by atoms with Crippen molar-refractivity contribution >= 4 is 34.1 Å². The smallest absolute Gasteiger partial charge is 0.299 e. The summed E-state index contributed by atoms with van der Waals surface area (Å²) in [6, 6.07) is 18.7. The number of nitrogens with one attached hydrogen (secondary N) is 1. The Balaban J connectivity index is 1.64. The van der Waals surface area contributed by atoms with Gasteiger partial charge in [0.2, 0.25) is 11.8 Å². The quantitative estimate of drug-likeness (QED) is 0.367. The van der Waals surface area contributed by atoms with Gasteiger partial charge in [-0.05, 0) is 43.7 Å². The summed E-state index contributed by atoms with van der Waals surface area (Å²) in [5.74, 6) is -1.58. The number of nitrogens with zero attached hydrogens (tertiary/aromatic N) is 3. The lowest BCUT2D eigenvalue weighted by Crippen LogP contribution is -2.19. The van der Waals surface area contributed by atoms with Crippen molar-refractivity contribution in [3.8, 4) is 11.6 Å². The SMILES string of the molecule is Cc1ccc(NC(=O)Cn2c(O)c(N=NC(=O)c3ccccc3O)c3ccccc32)c(C)c1. The first-order valence-corrected chi connectivity index (χ1v) is 10.3. The van der Waals surface area contributed by atoms with E-state index in [9.17, 15) is 19.8 Å². The summed E-state index contributed by atoms with van der Waals surface area (Å²) in [7, 11) is 0. The third-order valence-electron chi connectivity index (χ3n) is 5.25. The lowest BCUT2D eigenvalue weighted by molar-refractivity contribution is -0.116. The molecule has 0 bridgehead atoms. The number of amides is 2. The fourth-order valence-corrected chi connectivity index (χ4v) is 3.62. The second-order valence-electron chi connectivity index (χ2n) is 7.66. The molecule has 0 spiro atoms. The predicted molar refractivity (Wildman–Crippen MR) is 125 cm³/mol. The Kier molecular flexibility index (Phi) is 5.91. The van der Waals surface area contributed by atoms with Crippen LogP contribution >= 0.6 is 0 Å². The number of carbonyl (C=O) groups is 2. The van der Waals surface area contributed by atoms with E-state index in [2.05, 4.69) is 15.5 Å². The summed E-state index contributed by atoms with van der Waals surface area (Å²) >= 11 is 0. The van der Waals surface area contributed by atoms with Crippen LogP contribution in [0, 0.1) is 13.8 Å². The molecule has 8 nitrogen and oxygen atoms in total. The summed E-state index contributed by atoms with van der Waals surface area (Å²) in [5.41, 5.74) is 3.34. The molecule has 1 aromatic heterocycles. The minimum atomic E-state index is -0.753. The van der Waals surface area contributed by atoms with Crippen LogP contribution in [-0.4, -0.2) is 26.6 Å². The van der Waals surface area contributed by atoms with Crippen LogP contribution in [-0.2, 0) is 11.3 Å². The molecule has 0 atom stereocenters. The number of aryl methyl sites for hydroxylation is 2. The molecule has 33 heavy (non-hydrogen) atoms. The average Bonchev–Trinajstić information content (AvgIpc) is 3.05. The van der Waals surface area contributed by atoms with E-state index in [4.69, 9.17) is 0 Å². The van der Waals surface area contributed by atoms with Crippen LogP contribution in [0.5, 0.6) is 11.6 Å². The zero-order valence-electron chi connectivity index (χ0n) is 18.1. The number of hydrogen-bond acceptors (Lipinski definition) is 5. The van der Waals surface area contributed by atoms with Gasteiger partial charge in [-0.25, -0.2) is 0 Å². The summed E-state index contributed by atoms with van der Waals surface area (Å²) in [6.07, 6.45) is 0. The highest BCUT2D eigenvalue weighted by Crippen LogP contribution is 2.39. The van der Waals surface area contributed by atoms with Gasteiger partial charge < -0.3 is 20.1 Å². The molecule has 4 rings (SSSR count). The van der Waals surface area contributed by atoms with Gasteiger partial charge >= 0.3 is 0 Å². The van der Waals surface area contributed by atoms with Crippen LogP contribution in [0.4, 0.5) is 11.4 Å². The van der Waals surface area contributed by atoms with E-state index in [1.165, 1.54) is 16.7 Å². The highest BCUT2D eigenvalue weighted by molar-refractivity contribution is 6.00. The predicted octanol–water partition coefficient (Wildman–Crippen LogP) is 5.23. The molecular formula is C25H22N4O4. The molecule has 0 unspecified atom stereocenters. The van der Waals surface area contributed by atoms with E-state index in [1.807, 2.05) is 32.0 Å². The number of aromatic nitrogens is 1. The molecule has 0 aliphatic carbocycles. The number of anilines is 1. The minimum absolute atomic E-state index is 0.00248.